The van der Waals surface area contributed by atoms with E-state index in [2.05, 4.69) is 73.3 Å². The Morgan fingerprint density at radius 2 is 1.00 bits per heavy atom. The van der Waals surface area contributed by atoms with Crippen LogP contribution < -0.4 is 0 Å². The molecule has 0 aromatic carbocycles. The van der Waals surface area contributed by atoms with Crippen LogP contribution in [0.15, 0.2) is 12.2 Å². The highest BCUT2D eigenvalue weighted by Crippen LogP contribution is 2.47. The van der Waals surface area contributed by atoms with E-state index in [1.807, 2.05) is 0 Å². The predicted molar refractivity (Wildman–Crippen MR) is 202 cm³/mol. The molecule has 0 spiro atoms. The molecule has 10 bridgehead atoms. The number of piperidine rings is 4. The molecule has 0 N–H and O–H groups in total. The lowest BCUT2D eigenvalue weighted by Crippen LogP contribution is -2.48. The molecule has 1 saturated carbocycles. The van der Waals surface area contributed by atoms with Crippen LogP contribution in [0.3, 0.4) is 0 Å². The van der Waals surface area contributed by atoms with Crippen molar-refractivity contribution < 1.29 is 0 Å². The van der Waals surface area contributed by atoms with Crippen LogP contribution in [-0.4, -0.2) is 98.1 Å². The van der Waals surface area contributed by atoms with Crippen molar-refractivity contribution in [3.8, 4) is 0 Å². The summed E-state index contributed by atoms with van der Waals surface area (Å²) >= 11 is 0. The minimum atomic E-state index is 0.474. The molecule has 4 nitrogen and oxygen atoms in total. The molecule has 13 aliphatic rings. The quantitative estimate of drug-likeness (QED) is 0.263. The van der Waals surface area contributed by atoms with Gasteiger partial charge in [-0.3, -0.25) is 0 Å². The first kappa shape index (κ1) is 36.4. The first-order valence-corrected chi connectivity index (χ1v) is 21.2. The van der Waals surface area contributed by atoms with Crippen molar-refractivity contribution in [2.45, 2.75) is 119 Å². The van der Waals surface area contributed by atoms with E-state index in [1.54, 1.807) is 0 Å². The monoisotopic (exact) mass is 651 g/mol. The van der Waals surface area contributed by atoms with Crippen LogP contribution >= 0.6 is 0 Å². The van der Waals surface area contributed by atoms with E-state index < -0.39 is 0 Å². The Morgan fingerprint density at radius 3 is 1.53 bits per heavy atom. The summed E-state index contributed by atoms with van der Waals surface area (Å²) in [6, 6.07) is 0. The first-order valence-electron chi connectivity index (χ1n) is 21.2. The minimum Gasteiger partial charge on any atom is -0.303 e. The summed E-state index contributed by atoms with van der Waals surface area (Å²) < 4.78 is 0. The zero-order chi connectivity index (χ0) is 33.0. The van der Waals surface area contributed by atoms with Crippen LogP contribution in [0.4, 0.5) is 0 Å². The molecule has 0 aromatic rings. The van der Waals surface area contributed by atoms with E-state index in [1.165, 1.54) is 156 Å². The number of hydrogen-bond donors (Lipinski definition) is 0. The van der Waals surface area contributed by atoms with Crippen LogP contribution in [0.5, 0.6) is 0 Å². The van der Waals surface area contributed by atoms with E-state index in [0.29, 0.717) is 5.41 Å². The van der Waals surface area contributed by atoms with Gasteiger partial charge in [0, 0.05) is 26.2 Å². The van der Waals surface area contributed by atoms with Gasteiger partial charge in [-0.1, -0.05) is 53.7 Å². The molecule has 1 aliphatic carbocycles. The van der Waals surface area contributed by atoms with Crippen LogP contribution in [0.2, 0.25) is 0 Å². The smallest absolute Gasteiger partial charge is 0.00149 e. The molecule has 5 atom stereocenters. The molecular weight excluding hydrogens is 573 g/mol. The molecule has 270 valence electrons. The van der Waals surface area contributed by atoms with E-state index in [9.17, 15) is 0 Å². The van der Waals surface area contributed by atoms with E-state index in [4.69, 9.17) is 0 Å². The molecule has 13 rings (SSSR count). The average Bonchev–Trinajstić information content (AvgIpc) is 3.06. The molecule has 5 fully saturated rings. The highest BCUT2D eigenvalue weighted by molar-refractivity contribution is 4.98. The summed E-state index contributed by atoms with van der Waals surface area (Å²) in [6.45, 7) is 31.5. The van der Waals surface area contributed by atoms with Crippen molar-refractivity contribution in [3.63, 3.8) is 0 Å². The lowest BCUT2D eigenvalue weighted by Gasteiger charge is -2.49. The molecule has 4 heteroatoms. The predicted octanol–water partition coefficient (Wildman–Crippen LogP) is 8.78. The van der Waals surface area contributed by atoms with E-state index in [-0.39, 0.29) is 0 Å². The summed E-state index contributed by atoms with van der Waals surface area (Å²) in [7, 11) is 0. The third kappa shape index (κ3) is 10.1. The van der Waals surface area contributed by atoms with Crippen LogP contribution in [0.1, 0.15) is 119 Å². The molecule has 12 heterocycles. The van der Waals surface area contributed by atoms with Gasteiger partial charge in [-0.2, -0.15) is 0 Å². The van der Waals surface area contributed by atoms with Crippen molar-refractivity contribution in [1.29, 1.82) is 0 Å². The Labute approximate surface area is 292 Å². The van der Waals surface area contributed by atoms with Gasteiger partial charge in [0.05, 0.1) is 0 Å². The maximum Gasteiger partial charge on any atom is 0.00149 e. The fourth-order valence-electron chi connectivity index (χ4n) is 11.4. The van der Waals surface area contributed by atoms with Crippen molar-refractivity contribution in [2.24, 2.45) is 64.6 Å². The fourth-order valence-corrected chi connectivity index (χ4v) is 11.4. The highest BCUT2D eigenvalue weighted by Gasteiger charge is 2.42. The van der Waals surface area contributed by atoms with Crippen LogP contribution in [0, 0.1) is 64.6 Å². The lowest BCUT2D eigenvalue weighted by atomic mass is 9.61. The molecule has 47 heavy (non-hydrogen) atoms. The van der Waals surface area contributed by atoms with Gasteiger partial charge in [0.2, 0.25) is 0 Å². The van der Waals surface area contributed by atoms with E-state index >= 15 is 0 Å². The highest BCUT2D eigenvalue weighted by atomic mass is 15.2. The van der Waals surface area contributed by atoms with Gasteiger partial charge in [-0.05, 0) is 194 Å². The molecule has 4 unspecified atom stereocenters. The number of nitrogens with zero attached hydrogens (tertiary/aromatic N) is 4. The second-order valence-corrected chi connectivity index (χ2v) is 19.5. The van der Waals surface area contributed by atoms with Gasteiger partial charge in [0.25, 0.3) is 0 Å². The lowest BCUT2D eigenvalue weighted by molar-refractivity contribution is 0.00293. The van der Waals surface area contributed by atoms with Crippen LogP contribution in [-0.2, 0) is 0 Å². The largest absolute Gasteiger partial charge is 0.303 e. The maximum atomic E-state index is 2.90. The average molecular weight is 651 g/mol. The molecule has 0 radical (unpaired) electrons. The van der Waals surface area contributed by atoms with Crippen molar-refractivity contribution >= 4 is 0 Å². The normalized spacial score (nSPS) is 46.5. The third-order valence-electron chi connectivity index (χ3n) is 15.2. The van der Waals surface area contributed by atoms with Crippen LogP contribution in [0.25, 0.3) is 0 Å². The summed E-state index contributed by atoms with van der Waals surface area (Å²) in [4.78, 5) is 11.4. The van der Waals surface area contributed by atoms with Crippen molar-refractivity contribution in [3.05, 3.63) is 12.2 Å². The molecule has 0 amide bonds. The minimum absolute atomic E-state index is 0.474. The fraction of sp³-hybridized carbons (Fsp3) is 0.953. The number of hydrogen-bond acceptors (Lipinski definition) is 4. The second-order valence-electron chi connectivity index (χ2n) is 19.5. The number of rotatable bonds is 1. The van der Waals surface area contributed by atoms with Gasteiger partial charge < -0.3 is 19.6 Å². The Morgan fingerprint density at radius 1 is 0.532 bits per heavy atom. The zero-order valence-electron chi connectivity index (χ0n) is 32.2. The summed E-state index contributed by atoms with van der Waals surface area (Å²) in [6.07, 6.45) is 22.4. The molecular formula is C43H78N4. The van der Waals surface area contributed by atoms with Gasteiger partial charge >= 0.3 is 0 Å². The second kappa shape index (κ2) is 16.7. The SMILES string of the molecule is CC1CCC(C(C)C)CN2CCC(CC2)C2CCN(CC2)CC2CC(C)(C)C(C[C@@H]2C)CN2CCC(/C=C/C3CCN(CC3)C1)CC2. The standard InChI is InChI=1S/C43H78N4/c1-33(2)40-10-7-34(3)29-44-19-11-36(12-20-44)8-9-37-13-21-47(22-14-37)32-42-27-35(4)41(28-43(42,5)6)31-46-25-17-39(18-26-46)38-15-23-45(30-40)24-16-38/h8-9,33-42H,7,10-32H2,1-6H3/b9-8+/t34?,35-,40?,41?,42?/m0/s1. The Kier molecular flexibility index (Phi) is 12.9. The van der Waals surface area contributed by atoms with Gasteiger partial charge in [-0.15, -0.1) is 0 Å². The topological polar surface area (TPSA) is 13.0 Å². The number of allylic oxidation sites excluding steroid dienone is 2. The molecule has 12 aliphatic heterocycles. The zero-order valence-corrected chi connectivity index (χ0v) is 32.2. The molecule has 0 aromatic heterocycles. The van der Waals surface area contributed by atoms with Gasteiger partial charge in [0.15, 0.2) is 0 Å². The maximum absolute atomic E-state index is 2.90. The molecule has 4 saturated heterocycles. The Balaban J connectivity index is 1.07. The Bertz CT molecular complexity index is 943. The van der Waals surface area contributed by atoms with Gasteiger partial charge in [-0.25, -0.2) is 0 Å². The van der Waals surface area contributed by atoms with Crippen molar-refractivity contribution in [1.82, 2.24) is 19.6 Å². The van der Waals surface area contributed by atoms with E-state index in [0.717, 1.165) is 59.2 Å². The summed E-state index contributed by atoms with van der Waals surface area (Å²) in [5, 5.41) is 0. The number of fused-ring (bicyclic) bond motifs is 1. The third-order valence-corrected chi connectivity index (χ3v) is 15.2. The van der Waals surface area contributed by atoms with Crippen molar-refractivity contribution in [2.75, 3.05) is 78.5 Å². The first-order chi connectivity index (χ1) is 22.6. The Hall–Kier alpha value is -0.420. The summed E-state index contributed by atoms with van der Waals surface area (Å²) in [5.74, 6) is 8.74. The summed E-state index contributed by atoms with van der Waals surface area (Å²) in [5.41, 5.74) is 0.474. The van der Waals surface area contributed by atoms with Gasteiger partial charge in [0.1, 0.15) is 0 Å².